The minimum absolute atomic E-state index is 0. The SMILES string of the molecule is COCC(C)NC(N)=NCCCOc1ccc(OC)cc1.I. The van der Waals surface area contributed by atoms with Crippen LogP contribution in [0.1, 0.15) is 13.3 Å². The third-order valence-electron chi connectivity index (χ3n) is 2.72. The van der Waals surface area contributed by atoms with Crippen molar-refractivity contribution in [3.8, 4) is 11.5 Å². The van der Waals surface area contributed by atoms with E-state index < -0.39 is 0 Å². The van der Waals surface area contributed by atoms with Crippen molar-refractivity contribution < 1.29 is 14.2 Å². The first kappa shape index (κ1) is 20.8. The van der Waals surface area contributed by atoms with Gasteiger partial charge in [-0.3, -0.25) is 4.99 Å². The summed E-state index contributed by atoms with van der Waals surface area (Å²) in [6.45, 7) is 3.79. The van der Waals surface area contributed by atoms with E-state index in [1.807, 2.05) is 31.2 Å². The molecule has 126 valence electrons. The number of ether oxygens (including phenoxy) is 3. The van der Waals surface area contributed by atoms with Gasteiger partial charge in [0, 0.05) is 26.1 Å². The summed E-state index contributed by atoms with van der Waals surface area (Å²) in [5.41, 5.74) is 5.76. The lowest BCUT2D eigenvalue weighted by Gasteiger charge is -2.13. The molecule has 0 saturated heterocycles. The molecule has 0 aliphatic rings. The number of nitrogens with two attached hydrogens (primary N) is 1. The van der Waals surface area contributed by atoms with Crippen molar-refractivity contribution in [2.75, 3.05) is 34.0 Å². The number of benzene rings is 1. The standard InChI is InChI=1S/C15H25N3O3.HI/c1-12(11-19-2)18-15(16)17-9-4-10-21-14-7-5-13(20-3)6-8-14;/h5-8,12H,4,9-11H2,1-3H3,(H3,16,17,18);1H. The fourth-order valence-corrected chi connectivity index (χ4v) is 1.72. The highest BCUT2D eigenvalue weighted by atomic mass is 127. The van der Waals surface area contributed by atoms with Gasteiger partial charge in [0.1, 0.15) is 11.5 Å². The maximum Gasteiger partial charge on any atom is 0.188 e. The van der Waals surface area contributed by atoms with Gasteiger partial charge in [-0.25, -0.2) is 0 Å². The van der Waals surface area contributed by atoms with Gasteiger partial charge in [-0.2, -0.15) is 0 Å². The molecule has 6 nitrogen and oxygen atoms in total. The maximum atomic E-state index is 5.76. The van der Waals surface area contributed by atoms with Crippen LogP contribution < -0.4 is 20.5 Å². The van der Waals surface area contributed by atoms with Crippen LogP contribution in [0.3, 0.4) is 0 Å². The molecule has 7 heteroatoms. The first-order valence-corrected chi connectivity index (χ1v) is 6.98. The number of nitrogens with one attached hydrogen (secondary N) is 1. The topological polar surface area (TPSA) is 78.1 Å². The first-order valence-electron chi connectivity index (χ1n) is 6.98. The summed E-state index contributed by atoms with van der Waals surface area (Å²) >= 11 is 0. The number of hydrogen-bond donors (Lipinski definition) is 2. The third kappa shape index (κ3) is 8.93. The van der Waals surface area contributed by atoms with E-state index in [-0.39, 0.29) is 30.0 Å². The minimum atomic E-state index is 0. The Balaban J connectivity index is 0.00000441. The van der Waals surface area contributed by atoms with Crippen molar-refractivity contribution in [1.82, 2.24) is 5.32 Å². The van der Waals surface area contributed by atoms with Crippen LogP contribution in [0.5, 0.6) is 11.5 Å². The van der Waals surface area contributed by atoms with Gasteiger partial charge in [0.05, 0.1) is 20.3 Å². The number of aliphatic imine (C=N–C) groups is 1. The molecule has 0 fully saturated rings. The Morgan fingerprint density at radius 3 is 2.45 bits per heavy atom. The smallest absolute Gasteiger partial charge is 0.188 e. The predicted molar refractivity (Wildman–Crippen MR) is 99.5 cm³/mol. The summed E-state index contributed by atoms with van der Waals surface area (Å²) in [6, 6.07) is 7.64. The zero-order chi connectivity index (χ0) is 15.5. The number of halogens is 1. The number of rotatable bonds is 9. The first-order chi connectivity index (χ1) is 10.2. The Labute approximate surface area is 149 Å². The van der Waals surface area contributed by atoms with E-state index in [1.54, 1.807) is 14.2 Å². The highest BCUT2D eigenvalue weighted by Gasteiger charge is 2.01. The highest BCUT2D eigenvalue weighted by Crippen LogP contribution is 2.16. The van der Waals surface area contributed by atoms with Crippen molar-refractivity contribution in [3.63, 3.8) is 0 Å². The van der Waals surface area contributed by atoms with Gasteiger partial charge in [0.25, 0.3) is 0 Å². The van der Waals surface area contributed by atoms with Gasteiger partial charge in [-0.1, -0.05) is 0 Å². The summed E-state index contributed by atoms with van der Waals surface area (Å²) in [5.74, 6) is 2.07. The van der Waals surface area contributed by atoms with E-state index >= 15 is 0 Å². The summed E-state index contributed by atoms with van der Waals surface area (Å²) < 4.78 is 15.7. The molecular formula is C15H26IN3O3. The molecule has 0 heterocycles. The average Bonchev–Trinajstić information content (AvgIpc) is 2.47. The normalized spacial score (nSPS) is 12.2. The Morgan fingerprint density at radius 2 is 1.86 bits per heavy atom. The van der Waals surface area contributed by atoms with Gasteiger partial charge >= 0.3 is 0 Å². The van der Waals surface area contributed by atoms with Crippen LogP contribution in [-0.4, -0.2) is 46.0 Å². The second kappa shape index (κ2) is 12.3. The van der Waals surface area contributed by atoms with Crippen LogP contribution in [0.4, 0.5) is 0 Å². The average molecular weight is 423 g/mol. The lowest BCUT2D eigenvalue weighted by atomic mass is 10.3. The lowest BCUT2D eigenvalue weighted by molar-refractivity contribution is 0.179. The third-order valence-corrected chi connectivity index (χ3v) is 2.72. The molecule has 0 saturated carbocycles. The summed E-state index contributed by atoms with van der Waals surface area (Å²) in [6.07, 6.45) is 0.799. The Hall–Kier alpha value is -1.22. The zero-order valence-electron chi connectivity index (χ0n) is 13.4. The van der Waals surface area contributed by atoms with Crippen LogP contribution in [0.25, 0.3) is 0 Å². The molecular weight excluding hydrogens is 397 g/mol. The molecule has 0 aromatic heterocycles. The molecule has 1 aromatic carbocycles. The molecule has 0 aliphatic carbocycles. The maximum absolute atomic E-state index is 5.76. The van der Waals surface area contributed by atoms with E-state index in [0.29, 0.717) is 25.7 Å². The quantitative estimate of drug-likeness (QED) is 0.275. The molecule has 0 radical (unpaired) electrons. The minimum Gasteiger partial charge on any atom is -0.497 e. The lowest BCUT2D eigenvalue weighted by Crippen LogP contribution is -2.40. The van der Waals surface area contributed by atoms with Crippen LogP contribution in [0.15, 0.2) is 29.3 Å². The molecule has 0 amide bonds. The van der Waals surface area contributed by atoms with E-state index in [2.05, 4.69) is 10.3 Å². The van der Waals surface area contributed by atoms with Crippen LogP contribution >= 0.6 is 24.0 Å². The van der Waals surface area contributed by atoms with Gasteiger partial charge in [0.15, 0.2) is 5.96 Å². The molecule has 0 bridgehead atoms. The van der Waals surface area contributed by atoms with E-state index in [0.717, 1.165) is 17.9 Å². The molecule has 1 unspecified atom stereocenters. The fraction of sp³-hybridized carbons (Fsp3) is 0.533. The molecule has 22 heavy (non-hydrogen) atoms. The van der Waals surface area contributed by atoms with Crippen molar-refractivity contribution in [1.29, 1.82) is 0 Å². The molecule has 1 atom stereocenters. The Kier molecular flexibility index (Phi) is 11.7. The Morgan fingerprint density at radius 1 is 1.23 bits per heavy atom. The predicted octanol–water partition coefficient (Wildman–Crippen LogP) is 2.02. The molecule has 1 rings (SSSR count). The monoisotopic (exact) mass is 423 g/mol. The van der Waals surface area contributed by atoms with Crippen LogP contribution in [0, 0.1) is 0 Å². The van der Waals surface area contributed by atoms with Gasteiger partial charge < -0.3 is 25.3 Å². The van der Waals surface area contributed by atoms with E-state index in [9.17, 15) is 0 Å². The molecule has 1 aromatic rings. The van der Waals surface area contributed by atoms with E-state index in [1.165, 1.54) is 0 Å². The van der Waals surface area contributed by atoms with E-state index in [4.69, 9.17) is 19.9 Å². The zero-order valence-corrected chi connectivity index (χ0v) is 15.7. The summed E-state index contributed by atoms with van der Waals surface area (Å²) in [7, 11) is 3.29. The van der Waals surface area contributed by atoms with Gasteiger partial charge in [0.2, 0.25) is 0 Å². The second-order valence-corrected chi connectivity index (χ2v) is 4.65. The van der Waals surface area contributed by atoms with Crippen molar-refractivity contribution >= 4 is 29.9 Å². The van der Waals surface area contributed by atoms with Gasteiger partial charge in [-0.05, 0) is 31.2 Å². The Bertz CT molecular complexity index is 427. The number of guanidine groups is 1. The largest absolute Gasteiger partial charge is 0.497 e. The number of hydrogen-bond acceptors (Lipinski definition) is 4. The van der Waals surface area contributed by atoms with Crippen molar-refractivity contribution in [2.24, 2.45) is 10.7 Å². The highest BCUT2D eigenvalue weighted by molar-refractivity contribution is 14.0. The number of nitrogens with zero attached hydrogens (tertiary/aromatic N) is 1. The molecule has 0 aliphatic heterocycles. The van der Waals surface area contributed by atoms with Crippen molar-refractivity contribution in [2.45, 2.75) is 19.4 Å². The van der Waals surface area contributed by atoms with Crippen LogP contribution in [-0.2, 0) is 4.74 Å². The fourth-order valence-electron chi connectivity index (χ4n) is 1.72. The number of methoxy groups -OCH3 is 2. The van der Waals surface area contributed by atoms with Crippen LogP contribution in [0.2, 0.25) is 0 Å². The molecule has 0 spiro atoms. The van der Waals surface area contributed by atoms with Crippen molar-refractivity contribution in [3.05, 3.63) is 24.3 Å². The summed E-state index contributed by atoms with van der Waals surface area (Å²) in [5, 5.41) is 3.05. The second-order valence-electron chi connectivity index (χ2n) is 4.65. The molecule has 3 N–H and O–H groups in total. The van der Waals surface area contributed by atoms with Gasteiger partial charge in [-0.15, -0.1) is 24.0 Å². The summed E-state index contributed by atoms with van der Waals surface area (Å²) in [4.78, 5) is 4.23.